The maximum absolute atomic E-state index is 12.3. The molecule has 0 heterocycles. The van der Waals surface area contributed by atoms with Crippen LogP contribution in [0.5, 0.6) is 0 Å². The number of carbonyl (C=O) groups is 2. The number of ketones is 2. The molecule has 0 aromatic rings. The summed E-state index contributed by atoms with van der Waals surface area (Å²) in [5.74, 6) is 1.78. The zero-order valence-electron chi connectivity index (χ0n) is 15.7. The maximum atomic E-state index is 12.3. The van der Waals surface area contributed by atoms with Crippen LogP contribution in [-0.2, 0) is 9.59 Å². The molecule has 1 N–H and O–H groups in total. The van der Waals surface area contributed by atoms with E-state index in [-0.39, 0.29) is 40.2 Å². The van der Waals surface area contributed by atoms with Gasteiger partial charge in [0.15, 0.2) is 11.6 Å². The fourth-order valence-electron chi connectivity index (χ4n) is 7.56. The normalized spacial score (nSPS) is 54.3. The minimum absolute atomic E-state index is 0.0344. The first-order chi connectivity index (χ1) is 12.1. The van der Waals surface area contributed by atoms with E-state index in [4.69, 9.17) is 11.6 Å². The molecule has 0 aliphatic heterocycles. The lowest BCUT2D eigenvalue weighted by Crippen LogP contribution is -2.56. The molecule has 8 atom stereocenters. The van der Waals surface area contributed by atoms with Crippen LogP contribution in [0.3, 0.4) is 0 Å². The summed E-state index contributed by atoms with van der Waals surface area (Å²) >= 11 is 6.73. The number of halogens is 1. The van der Waals surface area contributed by atoms with Gasteiger partial charge in [-0.2, -0.15) is 0 Å². The van der Waals surface area contributed by atoms with E-state index in [1.165, 1.54) is 6.92 Å². The zero-order valence-corrected chi connectivity index (χ0v) is 16.5. The Morgan fingerprint density at radius 2 is 1.88 bits per heavy atom. The van der Waals surface area contributed by atoms with Gasteiger partial charge in [0, 0.05) is 21.8 Å². The highest BCUT2D eigenvalue weighted by Gasteiger charge is 2.69. The zero-order chi connectivity index (χ0) is 18.6. The van der Waals surface area contributed by atoms with E-state index in [9.17, 15) is 14.7 Å². The maximum Gasteiger partial charge on any atom is 0.161 e. The third-order valence-corrected chi connectivity index (χ3v) is 9.56. The highest BCUT2D eigenvalue weighted by molar-refractivity contribution is 6.32. The van der Waals surface area contributed by atoms with Gasteiger partial charge in [-0.05, 0) is 74.3 Å². The van der Waals surface area contributed by atoms with Gasteiger partial charge >= 0.3 is 0 Å². The molecule has 0 radical (unpaired) electrons. The summed E-state index contributed by atoms with van der Waals surface area (Å²) in [6.45, 7) is 5.97. The lowest BCUT2D eigenvalue weighted by atomic mass is 9.47. The fourth-order valence-corrected chi connectivity index (χ4v) is 7.96. The Balaban J connectivity index is 1.62. The minimum atomic E-state index is -1.20. The second-order valence-electron chi connectivity index (χ2n) is 9.91. The summed E-state index contributed by atoms with van der Waals surface area (Å²) in [6.07, 6.45) is 8.25. The summed E-state index contributed by atoms with van der Waals surface area (Å²) < 4.78 is 0. The first-order valence-electron chi connectivity index (χ1n) is 10.0. The largest absolute Gasteiger partial charge is 0.382 e. The summed E-state index contributed by atoms with van der Waals surface area (Å²) in [5.41, 5.74) is -0.566. The van der Waals surface area contributed by atoms with Gasteiger partial charge in [0.2, 0.25) is 0 Å². The predicted octanol–water partition coefficient (Wildman–Crippen LogP) is 4.04. The Labute approximate surface area is 159 Å². The average Bonchev–Trinajstić information content (AvgIpc) is 3.33. The highest BCUT2D eigenvalue weighted by Crippen LogP contribution is 2.72. The van der Waals surface area contributed by atoms with E-state index in [1.54, 1.807) is 0 Å². The molecule has 5 aliphatic carbocycles. The lowest BCUT2D eigenvalue weighted by Gasteiger charge is -2.57. The molecule has 3 saturated carbocycles. The van der Waals surface area contributed by atoms with Crippen LogP contribution in [0.25, 0.3) is 0 Å². The molecule has 3 fully saturated rings. The Bertz CT molecular complexity index is 797. The Hall–Kier alpha value is -0.930. The number of Topliss-reactive ketones (excluding diaryl/α,β-unsaturated/α-hetero) is 1. The third kappa shape index (κ3) is 1.75. The monoisotopic (exact) mass is 374 g/mol. The van der Waals surface area contributed by atoms with Crippen LogP contribution in [0.1, 0.15) is 52.9 Å². The van der Waals surface area contributed by atoms with Crippen LogP contribution in [0.2, 0.25) is 0 Å². The van der Waals surface area contributed by atoms with Crippen molar-refractivity contribution in [3.63, 3.8) is 0 Å². The molecule has 0 aromatic heterocycles. The molecule has 0 amide bonds. The van der Waals surface area contributed by atoms with Crippen molar-refractivity contribution < 1.29 is 14.7 Å². The molecular formula is C22H27ClO3. The number of carbonyl (C=O) groups excluding carboxylic acids is 2. The number of aliphatic hydroxyl groups is 1. The number of hydrogen-bond donors (Lipinski definition) is 1. The quantitative estimate of drug-likeness (QED) is 0.753. The second kappa shape index (κ2) is 4.91. The molecule has 4 heteroatoms. The number of hydrogen-bond acceptors (Lipinski definition) is 3. The van der Waals surface area contributed by atoms with Crippen LogP contribution >= 0.6 is 11.6 Å². The van der Waals surface area contributed by atoms with E-state index < -0.39 is 5.60 Å². The molecule has 0 aromatic carbocycles. The third-order valence-electron chi connectivity index (χ3n) is 9.23. The summed E-state index contributed by atoms with van der Waals surface area (Å²) in [4.78, 5) is 24.6. The van der Waals surface area contributed by atoms with E-state index in [0.717, 1.165) is 36.3 Å². The molecular weight excluding hydrogens is 348 g/mol. The molecule has 3 nitrogen and oxygen atoms in total. The second-order valence-corrected chi connectivity index (χ2v) is 10.3. The van der Waals surface area contributed by atoms with Crippen LogP contribution in [0, 0.1) is 40.4 Å². The Morgan fingerprint density at radius 1 is 1.19 bits per heavy atom. The van der Waals surface area contributed by atoms with Gasteiger partial charge in [-0.3, -0.25) is 9.59 Å². The van der Waals surface area contributed by atoms with Gasteiger partial charge in [-0.1, -0.05) is 31.5 Å². The van der Waals surface area contributed by atoms with Crippen LogP contribution in [0.4, 0.5) is 0 Å². The van der Waals surface area contributed by atoms with Gasteiger partial charge in [-0.25, -0.2) is 0 Å². The van der Waals surface area contributed by atoms with Crippen molar-refractivity contribution in [3.8, 4) is 0 Å². The van der Waals surface area contributed by atoms with E-state index in [0.29, 0.717) is 18.3 Å². The molecule has 5 aliphatic rings. The van der Waals surface area contributed by atoms with Crippen molar-refractivity contribution in [2.24, 2.45) is 40.4 Å². The number of allylic oxidation sites excluding steroid dienone is 4. The molecule has 140 valence electrons. The molecule has 0 bridgehead atoms. The van der Waals surface area contributed by atoms with Gasteiger partial charge in [0.05, 0.1) is 0 Å². The van der Waals surface area contributed by atoms with Gasteiger partial charge < -0.3 is 5.11 Å². The molecule has 5 rings (SSSR count). The van der Waals surface area contributed by atoms with Crippen molar-refractivity contribution in [2.45, 2.75) is 58.5 Å². The van der Waals surface area contributed by atoms with E-state index >= 15 is 0 Å². The smallest absolute Gasteiger partial charge is 0.161 e. The average molecular weight is 375 g/mol. The molecule has 0 unspecified atom stereocenters. The number of rotatable bonds is 1. The summed E-state index contributed by atoms with van der Waals surface area (Å²) in [6, 6.07) is 0. The standard InChI is InChI=1S/C22H27ClO3/c1-11(24)22(26)7-5-14-12-9-18(23)17-10-19(25)13-8-16(13)21(17,3)15(12)4-6-20(14,22)2/h9-10,12-16,26H,4-8H2,1-3H3/t12-,13+,14+,15-,16-,20-,21-,22-/m0/s1. The van der Waals surface area contributed by atoms with E-state index in [1.807, 2.05) is 6.08 Å². The van der Waals surface area contributed by atoms with Crippen molar-refractivity contribution in [1.29, 1.82) is 0 Å². The van der Waals surface area contributed by atoms with Crippen LogP contribution in [-0.4, -0.2) is 22.3 Å². The van der Waals surface area contributed by atoms with Crippen molar-refractivity contribution >= 4 is 23.2 Å². The molecule has 0 spiro atoms. The van der Waals surface area contributed by atoms with Crippen molar-refractivity contribution in [1.82, 2.24) is 0 Å². The van der Waals surface area contributed by atoms with Gasteiger partial charge in [0.1, 0.15) is 5.60 Å². The predicted molar refractivity (Wildman–Crippen MR) is 99.4 cm³/mol. The van der Waals surface area contributed by atoms with Crippen LogP contribution in [0.15, 0.2) is 22.8 Å². The summed E-state index contributed by atoms with van der Waals surface area (Å²) in [5, 5.41) is 11.9. The van der Waals surface area contributed by atoms with Gasteiger partial charge in [0.25, 0.3) is 0 Å². The molecule has 0 saturated heterocycles. The van der Waals surface area contributed by atoms with Crippen molar-refractivity contribution in [3.05, 3.63) is 22.8 Å². The first-order valence-corrected chi connectivity index (χ1v) is 10.4. The number of fused-ring (bicyclic) bond motifs is 7. The van der Waals surface area contributed by atoms with E-state index in [2.05, 4.69) is 19.9 Å². The highest BCUT2D eigenvalue weighted by atomic mass is 35.5. The molecule has 26 heavy (non-hydrogen) atoms. The fraction of sp³-hybridized carbons (Fsp3) is 0.727. The Kier molecular flexibility index (Phi) is 3.25. The van der Waals surface area contributed by atoms with Crippen LogP contribution < -0.4 is 0 Å². The van der Waals surface area contributed by atoms with Crippen molar-refractivity contribution in [2.75, 3.05) is 0 Å². The lowest BCUT2D eigenvalue weighted by molar-refractivity contribution is -0.157. The topological polar surface area (TPSA) is 54.4 Å². The Morgan fingerprint density at radius 3 is 2.58 bits per heavy atom. The van der Waals surface area contributed by atoms with Gasteiger partial charge in [-0.15, -0.1) is 0 Å². The summed E-state index contributed by atoms with van der Waals surface area (Å²) in [7, 11) is 0. The SMILES string of the molecule is CC(=O)[C@@]1(O)CC[C@@H]2[C@@H]3C=C(Cl)C4=CC(=O)[C@@H]5C[C@@H]5[C@]4(C)[C@H]3CC[C@@]21C. The first kappa shape index (κ1) is 17.2. The minimum Gasteiger partial charge on any atom is -0.382 e.